The van der Waals surface area contributed by atoms with Gasteiger partial charge in [-0.05, 0) is 32.4 Å². The lowest BCUT2D eigenvalue weighted by Gasteiger charge is -2.20. The third-order valence-corrected chi connectivity index (χ3v) is 2.45. The largest absolute Gasteiger partial charge is 0.456 e. The van der Waals surface area contributed by atoms with Gasteiger partial charge in [0.2, 0.25) is 0 Å². The zero-order valence-corrected chi connectivity index (χ0v) is 11.0. The van der Waals surface area contributed by atoms with E-state index in [2.05, 4.69) is 0 Å². The van der Waals surface area contributed by atoms with Gasteiger partial charge in [-0.3, -0.25) is 0 Å². The lowest BCUT2D eigenvalue weighted by atomic mass is 10.1. The number of carbonyl (C=O) groups excluding carboxylic acids is 1. The quantitative estimate of drug-likeness (QED) is 0.593. The molecule has 0 unspecified atom stereocenters. The molecule has 0 aliphatic carbocycles. The van der Waals surface area contributed by atoms with E-state index in [0.717, 1.165) is 0 Å². The monoisotopic (exact) mass is 260 g/mol. The first-order valence-corrected chi connectivity index (χ1v) is 5.83. The summed E-state index contributed by atoms with van der Waals surface area (Å²) in [5.41, 5.74) is 0.498. The summed E-state index contributed by atoms with van der Waals surface area (Å²) >= 11 is 11.7. The maximum absolute atomic E-state index is 11.9. The highest BCUT2D eigenvalue weighted by Crippen LogP contribution is 2.24. The molecule has 88 valence electrons. The lowest BCUT2D eigenvalue weighted by molar-refractivity contribution is 0.00689. The maximum Gasteiger partial charge on any atom is 0.340 e. The smallest absolute Gasteiger partial charge is 0.340 e. The first-order valence-electron chi connectivity index (χ1n) is 4.92. The normalized spacial score (nSPS) is 11.3. The first kappa shape index (κ1) is 13.3. The summed E-state index contributed by atoms with van der Waals surface area (Å²) in [6.45, 7) is 5.42. The fourth-order valence-corrected chi connectivity index (χ4v) is 1.73. The van der Waals surface area contributed by atoms with E-state index in [1.165, 1.54) is 0 Å². The average Bonchev–Trinajstić information content (AvgIpc) is 2.14. The van der Waals surface area contributed by atoms with E-state index in [9.17, 15) is 4.79 Å². The molecule has 0 radical (unpaired) electrons. The van der Waals surface area contributed by atoms with Crippen LogP contribution in [0.1, 0.15) is 36.7 Å². The number of esters is 1. The van der Waals surface area contributed by atoms with Crippen LogP contribution in [0.5, 0.6) is 0 Å². The summed E-state index contributed by atoms with van der Waals surface area (Å²) in [6.07, 6.45) is 0. The van der Waals surface area contributed by atoms with Crippen molar-refractivity contribution in [1.29, 1.82) is 0 Å². The van der Waals surface area contributed by atoms with Crippen molar-refractivity contribution in [3.8, 4) is 0 Å². The zero-order valence-electron chi connectivity index (χ0n) is 9.51. The molecule has 0 aliphatic heterocycles. The van der Waals surface area contributed by atoms with Gasteiger partial charge in [0.25, 0.3) is 0 Å². The van der Waals surface area contributed by atoms with Crippen molar-refractivity contribution in [3.05, 3.63) is 34.3 Å². The van der Waals surface area contributed by atoms with Crippen LogP contribution in [-0.4, -0.2) is 11.6 Å². The van der Waals surface area contributed by atoms with Crippen molar-refractivity contribution in [2.24, 2.45) is 0 Å². The summed E-state index contributed by atoms with van der Waals surface area (Å²) in [6, 6.07) is 5.17. The number of halogens is 2. The lowest BCUT2D eigenvalue weighted by Crippen LogP contribution is -2.24. The minimum absolute atomic E-state index is 0.231. The molecule has 0 fully saturated rings. The van der Waals surface area contributed by atoms with Gasteiger partial charge in [0.1, 0.15) is 5.60 Å². The number of rotatable bonds is 2. The van der Waals surface area contributed by atoms with E-state index in [1.54, 1.807) is 18.2 Å². The van der Waals surface area contributed by atoms with Gasteiger partial charge in [-0.1, -0.05) is 23.7 Å². The fourth-order valence-electron chi connectivity index (χ4n) is 1.24. The van der Waals surface area contributed by atoms with Crippen molar-refractivity contribution in [3.63, 3.8) is 0 Å². The van der Waals surface area contributed by atoms with E-state index in [1.807, 2.05) is 20.8 Å². The standard InChI is InChI=1S/C12H14Cl2O2/c1-12(2,3)16-11(15)10-8(7-13)5-4-6-9(10)14/h4-6H,7H2,1-3H3. The van der Waals surface area contributed by atoms with Crippen LogP contribution in [0.25, 0.3) is 0 Å². The Kier molecular flexibility index (Phi) is 4.22. The highest BCUT2D eigenvalue weighted by atomic mass is 35.5. The van der Waals surface area contributed by atoms with Crippen molar-refractivity contribution in [2.45, 2.75) is 32.3 Å². The van der Waals surface area contributed by atoms with E-state index >= 15 is 0 Å². The number of hydrogen-bond donors (Lipinski definition) is 0. The van der Waals surface area contributed by atoms with E-state index in [4.69, 9.17) is 27.9 Å². The molecule has 0 heterocycles. The summed E-state index contributed by atoms with van der Waals surface area (Å²) in [4.78, 5) is 11.9. The second-order valence-corrected chi connectivity index (χ2v) is 5.08. The predicted octanol–water partition coefficient (Wildman–Crippen LogP) is 4.03. The molecule has 1 rings (SSSR count). The van der Waals surface area contributed by atoms with Crippen molar-refractivity contribution in [1.82, 2.24) is 0 Å². The Morgan fingerprint density at radius 1 is 1.38 bits per heavy atom. The molecule has 0 saturated carbocycles. The molecule has 1 aromatic rings. The highest BCUT2D eigenvalue weighted by molar-refractivity contribution is 6.34. The van der Waals surface area contributed by atoms with Crippen molar-refractivity contribution < 1.29 is 9.53 Å². The molecule has 0 atom stereocenters. The number of carbonyl (C=O) groups is 1. The average molecular weight is 261 g/mol. The molecule has 0 amide bonds. The number of benzene rings is 1. The van der Waals surface area contributed by atoms with Crippen LogP contribution >= 0.6 is 23.2 Å². The Balaban J connectivity index is 3.08. The zero-order chi connectivity index (χ0) is 12.3. The molecule has 4 heteroatoms. The fraction of sp³-hybridized carbons (Fsp3) is 0.417. The van der Waals surface area contributed by atoms with E-state index in [0.29, 0.717) is 16.1 Å². The molecule has 0 bridgehead atoms. The van der Waals surface area contributed by atoms with Gasteiger partial charge in [0.15, 0.2) is 0 Å². The first-order chi connectivity index (χ1) is 7.35. The molecule has 0 aliphatic rings. The summed E-state index contributed by atoms with van der Waals surface area (Å²) in [7, 11) is 0. The molecule has 0 aromatic heterocycles. The summed E-state index contributed by atoms with van der Waals surface area (Å²) in [5.74, 6) is -0.205. The molecule has 16 heavy (non-hydrogen) atoms. The van der Waals surface area contributed by atoms with Gasteiger partial charge in [-0.15, -0.1) is 11.6 Å². The predicted molar refractivity (Wildman–Crippen MR) is 66.2 cm³/mol. The van der Waals surface area contributed by atoms with Gasteiger partial charge in [-0.2, -0.15) is 0 Å². The third-order valence-electron chi connectivity index (χ3n) is 1.85. The minimum atomic E-state index is -0.542. The van der Waals surface area contributed by atoms with Gasteiger partial charge < -0.3 is 4.74 Å². The summed E-state index contributed by atoms with van der Waals surface area (Å²) < 4.78 is 5.27. The third kappa shape index (κ3) is 3.39. The molecule has 1 aromatic carbocycles. The molecule has 0 N–H and O–H groups in total. The van der Waals surface area contributed by atoms with Crippen LogP contribution in [0.3, 0.4) is 0 Å². The SMILES string of the molecule is CC(C)(C)OC(=O)c1c(Cl)cccc1CCl. The van der Waals surface area contributed by atoms with Crippen LogP contribution in [0.2, 0.25) is 5.02 Å². The molecule has 2 nitrogen and oxygen atoms in total. The Morgan fingerprint density at radius 2 is 2.00 bits per heavy atom. The topological polar surface area (TPSA) is 26.3 Å². The van der Waals surface area contributed by atoms with Crippen LogP contribution in [-0.2, 0) is 10.6 Å². The van der Waals surface area contributed by atoms with Crippen molar-refractivity contribution in [2.75, 3.05) is 0 Å². The van der Waals surface area contributed by atoms with E-state index < -0.39 is 11.6 Å². The highest BCUT2D eigenvalue weighted by Gasteiger charge is 2.22. The summed E-state index contributed by atoms with van der Waals surface area (Å²) in [5, 5.41) is 0.368. The van der Waals surface area contributed by atoms with Gasteiger partial charge >= 0.3 is 5.97 Å². The second-order valence-electron chi connectivity index (χ2n) is 4.41. The van der Waals surface area contributed by atoms with Crippen LogP contribution in [0.15, 0.2) is 18.2 Å². The van der Waals surface area contributed by atoms with Gasteiger partial charge in [0.05, 0.1) is 10.6 Å². The molecule has 0 saturated heterocycles. The second kappa shape index (κ2) is 5.07. The number of alkyl halides is 1. The van der Waals surface area contributed by atoms with Crippen LogP contribution in [0, 0.1) is 0 Å². The van der Waals surface area contributed by atoms with Crippen LogP contribution in [0.4, 0.5) is 0 Å². The van der Waals surface area contributed by atoms with Crippen LogP contribution < -0.4 is 0 Å². The number of hydrogen-bond acceptors (Lipinski definition) is 2. The Labute approximate surface area is 106 Å². The van der Waals surface area contributed by atoms with Gasteiger partial charge in [-0.25, -0.2) is 4.79 Å². The molecular weight excluding hydrogens is 247 g/mol. The maximum atomic E-state index is 11.9. The number of ether oxygens (including phenoxy) is 1. The minimum Gasteiger partial charge on any atom is -0.456 e. The Morgan fingerprint density at radius 3 is 2.50 bits per heavy atom. The molecule has 0 spiro atoms. The van der Waals surface area contributed by atoms with Crippen molar-refractivity contribution >= 4 is 29.2 Å². The molecular formula is C12H14Cl2O2. The van der Waals surface area contributed by atoms with E-state index in [-0.39, 0.29) is 5.88 Å². The Bertz CT molecular complexity index is 394. The Hall–Kier alpha value is -0.730. The van der Waals surface area contributed by atoms with Gasteiger partial charge in [0, 0.05) is 5.88 Å².